The molecule has 0 aliphatic heterocycles. The molecule has 0 amide bonds. The van der Waals surface area contributed by atoms with Crippen molar-refractivity contribution in [2.45, 2.75) is 13.0 Å². The van der Waals surface area contributed by atoms with E-state index in [-0.39, 0.29) is 0 Å². The van der Waals surface area contributed by atoms with Crippen molar-refractivity contribution in [3.63, 3.8) is 0 Å². The summed E-state index contributed by atoms with van der Waals surface area (Å²) in [5.74, 6) is -1.87. The van der Waals surface area contributed by atoms with Crippen molar-refractivity contribution in [2.24, 2.45) is 5.73 Å². The van der Waals surface area contributed by atoms with E-state index in [0.29, 0.717) is 24.6 Å². The van der Waals surface area contributed by atoms with Crippen LogP contribution in [0.15, 0.2) is 42.4 Å². The molecule has 0 saturated heterocycles. The molecule has 0 aliphatic rings. The Morgan fingerprint density at radius 2 is 2.00 bits per heavy atom. The molecule has 3 aromatic heterocycles. The summed E-state index contributed by atoms with van der Waals surface area (Å²) < 4.78 is 6.18. The molecule has 4 N–H and O–H groups in total. The third kappa shape index (κ3) is 7.77. The van der Waals surface area contributed by atoms with Crippen LogP contribution in [0, 0.1) is 0 Å². The Hall–Kier alpha value is -3.16. The zero-order valence-electron chi connectivity index (χ0n) is 15.2. The molecule has 29 heavy (non-hydrogen) atoms. The molecule has 11 nitrogen and oxygen atoms in total. The lowest BCUT2D eigenvalue weighted by atomic mass is 10.4. The average Bonchev–Trinajstić information content (AvgIpc) is 3.45. The van der Waals surface area contributed by atoms with E-state index >= 15 is 0 Å². The van der Waals surface area contributed by atoms with Crippen LogP contribution in [0.25, 0.3) is 5.95 Å². The number of carboxylic acid groups (broad SMARTS) is 2. The Bertz CT molecular complexity index is 894. The number of rotatable bonds is 9. The van der Waals surface area contributed by atoms with Gasteiger partial charge in [0.05, 0.1) is 6.54 Å². The van der Waals surface area contributed by atoms with Gasteiger partial charge in [-0.2, -0.15) is 9.36 Å². The first-order valence-corrected chi connectivity index (χ1v) is 9.94. The van der Waals surface area contributed by atoms with Crippen molar-refractivity contribution in [3.05, 3.63) is 47.5 Å². The van der Waals surface area contributed by atoms with Crippen LogP contribution in [0.5, 0.6) is 0 Å². The topological polar surface area (TPSA) is 160 Å². The van der Waals surface area contributed by atoms with Crippen molar-refractivity contribution >= 4 is 39.9 Å². The van der Waals surface area contributed by atoms with Gasteiger partial charge in [0.2, 0.25) is 11.1 Å². The predicted octanol–water partition coefficient (Wildman–Crippen LogP) is 1.25. The van der Waals surface area contributed by atoms with Crippen LogP contribution in [0.3, 0.4) is 0 Å². The van der Waals surface area contributed by atoms with Crippen LogP contribution in [-0.4, -0.2) is 59.1 Å². The Labute approximate surface area is 174 Å². The Morgan fingerprint density at radius 3 is 2.55 bits per heavy atom. The molecule has 3 rings (SSSR count). The van der Waals surface area contributed by atoms with Gasteiger partial charge in [-0.05, 0) is 13.0 Å². The number of aliphatic carboxylic acids is 2. The molecule has 0 aromatic carbocycles. The fraction of sp³-hybridized carbons (Fsp3) is 0.250. The molecule has 3 heterocycles. The molecule has 13 heteroatoms. The number of hydrogen-bond acceptors (Lipinski definition) is 10. The second kappa shape index (κ2) is 11.6. The number of hydrogen-bond donors (Lipinski definition) is 3. The van der Waals surface area contributed by atoms with Crippen LogP contribution in [0.2, 0.25) is 0 Å². The summed E-state index contributed by atoms with van der Waals surface area (Å²) in [6.07, 6.45) is 9.07. The molecule has 0 fully saturated rings. The molecule has 154 valence electrons. The fourth-order valence-electron chi connectivity index (χ4n) is 1.98. The lowest BCUT2D eigenvalue weighted by Crippen LogP contribution is -2.25. The number of carboxylic acids is 2. The quantitative estimate of drug-likeness (QED) is 0.415. The summed E-state index contributed by atoms with van der Waals surface area (Å²) in [7, 11) is 0. The van der Waals surface area contributed by atoms with Gasteiger partial charge in [0, 0.05) is 54.2 Å². The molecule has 0 saturated carbocycles. The second-order valence-corrected chi connectivity index (χ2v) is 7.06. The van der Waals surface area contributed by atoms with Gasteiger partial charge < -0.3 is 20.8 Å². The Kier molecular flexibility index (Phi) is 8.88. The van der Waals surface area contributed by atoms with Crippen LogP contribution in [0.1, 0.15) is 11.4 Å². The van der Waals surface area contributed by atoms with E-state index in [1.165, 1.54) is 11.5 Å². The number of imidazole rings is 1. The minimum Gasteiger partial charge on any atom is -0.478 e. The molecular weight excluding hydrogens is 418 g/mol. The maximum absolute atomic E-state index is 9.55. The number of nitrogens with zero attached hydrogens (tertiary/aromatic N) is 6. The largest absolute Gasteiger partial charge is 0.478 e. The minimum absolute atomic E-state index is 0.558. The van der Waals surface area contributed by atoms with E-state index in [9.17, 15) is 9.59 Å². The molecule has 0 spiro atoms. The molecule has 0 aliphatic carbocycles. The number of nitrogens with two attached hydrogens (primary N) is 1. The van der Waals surface area contributed by atoms with Crippen molar-refractivity contribution < 1.29 is 19.8 Å². The summed E-state index contributed by atoms with van der Waals surface area (Å²) in [5, 5.41) is 19.5. The molecule has 3 aromatic rings. The summed E-state index contributed by atoms with van der Waals surface area (Å²) >= 11 is 3.02. The summed E-state index contributed by atoms with van der Waals surface area (Å²) in [6, 6.07) is 0. The maximum Gasteiger partial charge on any atom is 0.328 e. The second-order valence-electron chi connectivity index (χ2n) is 5.35. The summed E-state index contributed by atoms with van der Waals surface area (Å²) in [6.45, 7) is 2.23. The van der Waals surface area contributed by atoms with Crippen LogP contribution in [-0.2, 0) is 16.1 Å². The van der Waals surface area contributed by atoms with E-state index in [4.69, 9.17) is 15.9 Å². The van der Waals surface area contributed by atoms with E-state index in [0.717, 1.165) is 29.6 Å². The van der Waals surface area contributed by atoms with Crippen molar-refractivity contribution in [2.75, 3.05) is 18.0 Å². The number of carbonyl (C=O) groups is 2. The third-order valence-corrected chi connectivity index (χ3v) is 4.75. The average molecular weight is 438 g/mol. The molecule has 0 radical (unpaired) electrons. The molecule has 0 bridgehead atoms. The van der Waals surface area contributed by atoms with Crippen LogP contribution in [0.4, 0.5) is 5.13 Å². The highest BCUT2D eigenvalue weighted by molar-refractivity contribution is 7.10. The first kappa shape index (κ1) is 22.1. The number of thiazole rings is 1. The third-order valence-electron chi connectivity index (χ3n) is 3.22. The van der Waals surface area contributed by atoms with E-state index in [1.54, 1.807) is 28.4 Å². The first-order chi connectivity index (χ1) is 14.0. The normalized spacial score (nSPS) is 10.5. The molecular formula is C16H19N7O4S2. The van der Waals surface area contributed by atoms with Crippen LogP contribution < -0.4 is 10.6 Å². The van der Waals surface area contributed by atoms with Gasteiger partial charge in [-0.15, -0.1) is 11.3 Å². The van der Waals surface area contributed by atoms with Gasteiger partial charge in [0.25, 0.3) is 0 Å². The summed E-state index contributed by atoms with van der Waals surface area (Å²) in [4.78, 5) is 34.2. The Balaban J connectivity index is 0.000000321. The fourth-order valence-corrected chi connectivity index (χ4v) is 3.30. The van der Waals surface area contributed by atoms with Crippen molar-refractivity contribution in [3.8, 4) is 5.95 Å². The van der Waals surface area contributed by atoms with Gasteiger partial charge in [-0.25, -0.2) is 19.6 Å². The predicted molar refractivity (Wildman–Crippen MR) is 108 cm³/mol. The van der Waals surface area contributed by atoms with Gasteiger partial charge in [0.15, 0.2) is 0 Å². The van der Waals surface area contributed by atoms with E-state index in [2.05, 4.69) is 24.2 Å². The Morgan fingerprint density at radius 1 is 1.24 bits per heavy atom. The minimum atomic E-state index is -1.26. The van der Waals surface area contributed by atoms with Crippen molar-refractivity contribution in [1.82, 2.24) is 23.9 Å². The lowest BCUT2D eigenvalue weighted by Gasteiger charge is -2.19. The maximum atomic E-state index is 9.55. The highest BCUT2D eigenvalue weighted by Gasteiger charge is 2.14. The highest BCUT2D eigenvalue weighted by atomic mass is 32.1. The zero-order chi connectivity index (χ0) is 21.1. The highest BCUT2D eigenvalue weighted by Crippen LogP contribution is 2.22. The number of anilines is 1. The monoisotopic (exact) mass is 437 g/mol. The number of aromatic nitrogens is 5. The van der Waals surface area contributed by atoms with Crippen LogP contribution >= 0.6 is 22.9 Å². The molecule has 0 unspecified atom stereocenters. The zero-order valence-corrected chi connectivity index (χ0v) is 16.8. The van der Waals surface area contributed by atoms with E-state index in [1.807, 2.05) is 17.8 Å². The smallest absolute Gasteiger partial charge is 0.328 e. The van der Waals surface area contributed by atoms with Gasteiger partial charge in [-0.1, -0.05) is 0 Å². The first-order valence-electron chi connectivity index (χ1n) is 8.29. The SMILES string of the molecule is NCCCN(Cc1nccs1)c1nc(-n2ccnc2)ns1.O=C(O)/C=C/C(=O)O. The van der Waals surface area contributed by atoms with Gasteiger partial charge in [0.1, 0.15) is 11.3 Å². The van der Waals surface area contributed by atoms with E-state index < -0.39 is 11.9 Å². The standard InChI is InChI=1S/C12H15N7S2.C4H4O4/c13-2-1-5-18(8-10-15-4-7-20-10)12-16-11(17-21-12)19-6-3-14-9-19;5-3(6)1-2-4(7)8/h3-4,6-7,9H,1-2,5,8,13H2;1-2H,(H,5,6)(H,7,8)/b;2-1+. The van der Waals surface area contributed by atoms with Gasteiger partial charge >= 0.3 is 11.9 Å². The summed E-state index contributed by atoms with van der Waals surface area (Å²) in [5.41, 5.74) is 5.63. The lowest BCUT2D eigenvalue weighted by molar-refractivity contribution is -0.134. The van der Waals surface area contributed by atoms with Crippen molar-refractivity contribution in [1.29, 1.82) is 0 Å². The van der Waals surface area contributed by atoms with Gasteiger partial charge in [-0.3, -0.25) is 4.57 Å². The molecule has 0 atom stereocenters.